The van der Waals surface area contributed by atoms with E-state index in [2.05, 4.69) is 38.2 Å². The number of ether oxygens (including phenoxy) is 2. The van der Waals surface area contributed by atoms with E-state index in [0.29, 0.717) is 17.4 Å². The second-order valence-corrected chi connectivity index (χ2v) is 24.2. The van der Waals surface area contributed by atoms with E-state index in [1.54, 1.807) is 0 Å². The Morgan fingerprint density at radius 1 is 0.411 bits per heavy atom. The number of carbonyl (C=O) groups excluding carboxylic acids is 2. The van der Waals surface area contributed by atoms with Crippen LogP contribution in [0.5, 0.6) is 0 Å². The van der Waals surface area contributed by atoms with Crippen LogP contribution in [0.15, 0.2) is 24.3 Å². The summed E-state index contributed by atoms with van der Waals surface area (Å²) < 4.78 is 34.2. The molecular weight excluding hydrogens is 930 g/mol. The summed E-state index contributed by atoms with van der Waals surface area (Å²) in [5.41, 5.74) is 0. The summed E-state index contributed by atoms with van der Waals surface area (Å²) in [6, 6.07) is 0. The van der Waals surface area contributed by atoms with E-state index in [-0.39, 0.29) is 32.0 Å². The Labute approximate surface area is 453 Å². The van der Waals surface area contributed by atoms with Gasteiger partial charge in [0, 0.05) is 12.8 Å². The minimum Gasteiger partial charge on any atom is -0.756 e. The van der Waals surface area contributed by atoms with E-state index in [4.69, 9.17) is 18.5 Å². The van der Waals surface area contributed by atoms with Crippen LogP contribution in [-0.4, -0.2) is 70.0 Å². The summed E-state index contributed by atoms with van der Waals surface area (Å²) in [5.74, 6) is -0.827. The first-order chi connectivity index (χ1) is 35.5. The molecule has 0 saturated heterocycles. The normalized spacial score (nSPS) is 13.3. The molecule has 0 saturated carbocycles. The van der Waals surface area contributed by atoms with Crippen LogP contribution in [0.4, 0.5) is 0 Å². The molecule has 0 rings (SSSR count). The number of quaternary nitrogens is 1. The largest absolute Gasteiger partial charge is 0.756 e. The number of esters is 2. The number of phosphoric acid groups is 1. The molecule has 0 heterocycles. The molecule has 9 nitrogen and oxygen atoms in total. The van der Waals surface area contributed by atoms with E-state index in [1.807, 2.05) is 21.1 Å². The molecule has 0 spiro atoms. The summed E-state index contributed by atoms with van der Waals surface area (Å²) in [4.78, 5) is 37.9. The van der Waals surface area contributed by atoms with Gasteiger partial charge in [-0.2, -0.15) is 0 Å². The molecule has 2 unspecified atom stereocenters. The molecule has 0 radical (unpaired) electrons. The number of rotatable bonds is 59. The summed E-state index contributed by atoms with van der Waals surface area (Å²) >= 11 is 0. The van der Waals surface area contributed by atoms with Crippen molar-refractivity contribution in [3.63, 3.8) is 0 Å². The van der Waals surface area contributed by atoms with Gasteiger partial charge in [0.25, 0.3) is 7.82 Å². The number of allylic oxidation sites excluding steroid dienone is 4. The number of nitrogens with zero attached hydrogens (tertiary/aromatic N) is 1. The Hall–Kier alpha value is -1.51. The molecule has 0 bridgehead atoms. The molecule has 0 aromatic carbocycles. The first-order valence-corrected chi connectivity index (χ1v) is 33.0. The van der Waals surface area contributed by atoms with E-state index >= 15 is 0 Å². The van der Waals surface area contributed by atoms with Crippen LogP contribution in [0, 0.1) is 0 Å². The smallest absolute Gasteiger partial charge is 0.306 e. The van der Waals surface area contributed by atoms with Crippen molar-refractivity contribution in [1.82, 2.24) is 0 Å². The van der Waals surface area contributed by atoms with Crippen molar-refractivity contribution in [2.24, 2.45) is 0 Å². The Morgan fingerprint density at radius 2 is 0.699 bits per heavy atom. The molecule has 2 atom stereocenters. The highest BCUT2D eigenvalue weighted by Crippen LogP contribution is 2.38. The van der Waals surface area contributed by atoms with Crippen LogP contribution >= 0.6 is 7.82 Å². The number of unbranched alkanes of at least 4 members (excludes halogenated alkanes) is 41. The second kappa shape index (κ2) is 55.3. The highest BCUT2D eigenvalue weighted by Gasteiger charge is 2.22. The molecular formula is C63H122NO8P. The third kappa shape index (κ3) is 59.6. The fraction of sp³-hybridized carbons (Fsp3) is 0.905. The lowest BCUT2D eigenvalue weighted by molar-refractivity contribution is -0.870. The highest BCUT2D eigenvalue weighted by atomic mass is 31.2. The van der Waals surface area contributed by atoms with Crippen molar-refractivity contribution < 1.29 is 42.1 Å². The number of carbonyl (C=O) groups is 2. The quantitative estimate of drug-likeness (QED) is 0.0195. The topological polar surface area (TPSA) is 111 Å². The van der Waals surface area contributed by atoms with Gasteiger partial charge >= 0.3 is 11.9 Å². The zero-order valence-electron chi connectivity index (χ0n) is 49.1. The Balaban J connectivity index is 3.98. The zero-order chi connectivity index (χ0) is 53.5. The average Bonchev–Trinajstić information content (AvgIpc) is 3.35. The van der Waals surface area contributed by atoms with Crippen LogP contribution in [0.25, 0.3) is 0 Å². The van der Waals surface area contributed by atoms with E-state index in [0.717, 1.165) is 51.4 Å². The SMILES string of the molecule is CCCCCCCCC/C=C\CCCCCCCC(=O)OCC(COP(=O)([O-])OCC[N+](C)(C)C)OC(=O)CCCCCCCCCCCCCCCCCCCCCCC/C=C\CCCCCCCCCC. The van der Waals surface area contributed by atoms with Gasteiger partial charge in [-0.25, -0.2) is 0 Å². The predicted molar refractivity (Wildman–Crippen MR) is 310 cm³/mol. The number of phosphoric ester groups is 1. The molecule has 0 N–H and O–H groups in total. The van der Waals surface area contributed by atoms with Crippen molar-refractivity contribution in [2.75, 3.05) is 47.5 Å². The van der Waals surface area contributed by atoms with Gasteiger partial charge in [-0.05, 0) is 64.2 Å². The van der Waals surface area contributed by atoms with Crippen LogP contribution in [0.3, 0.4) is 0 Å². The van der Waals surface area contributed by atoms with Crippen molar-refractivity contribution in [3.05, 3.63) is 24.3 Å². The van der Waals surface area contributed by atoms with Crippen molar-refractivity contribution in [3.8, 4) is 0 Å². The summed E-state index contributed by atoms with van der Waals surface area (Å²) in [6.45, 7) is 4.28. The molecule has 0 aliphatic carbocycles. The fourth-order valence-electron chi connectivity index (χ4n) is 9.30. The van der Waals surface area contributed by atoms with Gasteiger partial charge in [0.2, 0.25) is 0 Å². The van der Waals surface area contributed by atoms with Gasteiger partial charge < -0.3 is 27.9 Å². The number of likely N-dealkylation sites (N-methyl/N-ethyl adjacent to an activating group) is 1. The average molecular weight is 1050 g/mol. The third-order valence-corrected chi connectivity index (χ3v) is 15.2. The lowest BCUT2D eigenvalue weighted by atomic mass is 10.0. The van der Waals surface area contributed by atoms with E-state index in [9.17, 15) is 19.0 Å². The standard InChI is InChI=1S/C63H122NO8P/c1-6-8-10-12-14-16-18-20-22-24-25-26-27-28-29-30-31-32-33-34-35-36-37-38-39-40-42-44-46-48-50-52-54-56-63(66)72-61(60-71-73(67,68)70-58-57-64(3,4)5)59-69-62(65)55-53-51-49-47-45-43-41-23-21-19-17-15-13-11-9-7-2/h23-25,41,61H,6-22,26-40,42-60H2,1-5H3/b25-24-,41-23-. The number of hydrogen-bond acceptors (Lipinski definition) is 8. The van der Waals surface area contributed by atoms with Crippen molar-refractivity contribution >= 4 is 19.8 Å². The first kappa shape index (κ1) is 71.5. The summed E-state index contributed by atoms with van der Waals surface area (Å²) in [7, 11) is 1.18. The summed E-state index contributed by atoms with van der Waals surface area (Å²) in [6.07, 6.45) is 66.8. The maximum absolute atomic E-state index is 12.8. The van der Waals surface area contributed by atoms with Crippen LogP contribution < -0.4 is 4.89 Å². The molecule has 0 aliphatic heterocycles. The molecule has 0 aliphatic rings. The lowest BCUT2D eigenvalue weighted by Gasteiger charge is -2.28. The van der Waals surface area contributed by atoms with Gasteiger partial charge in [0.05, 0.1) is 27.7 Å². The van der Waals surface area contributed by atoms with Gasteiger partial charge in [0.1, 0.15) is 19.8 Å². The molecule has 0 amide bonds. The maximum Gasteiger partial charge on any atom is 0.306 e. The monoisotopic (exact) mass is 1050 g/mol. The Bertz CT molecular complexity index is 1280. The predicted octanol–water partition coefficient (Wildman–Crippen LogP) is 19.1. The zero-order valence-corrected chi connectivity index (χ0v) is 50.0. The molecule has 0 aromatic rings. The lowest BCUT2D eigenvalue weighted by Crippen LogP contribution is -2.37. The van der Waals surface area contributed by atoms with Gasteiger partial charge in [-0.3, -0.25) is 14.2 Å². The summed E-state index contributed by atoms with van der Waals surface area (Å²) in [5, 5.41) is 0. The van der Waals surface area contributed by atoms with E-state index in [1.165, 1.54) is 231 Å². The molecule has 73 heavy (non-hydrogen) atoms. The minimum atomic E-state index is -4.63. The molecule has 0 aromatic heterocycles. The molecule has 432 valence electrons. The molecule has 0 fully saturated rings. The van der Waals surface area contributed by atoms with Crippen LogP contribution in [0.2, 0.25) is 0 Å². The Morgan fingerprint density at radius 3 is 1.01 bits per heavy atom. The second-order valence-electron chi connectivity index (χ2n) is 22.8. The van der Waals surface area contributed by atoms with Crippen molar-refractivity contribution in [2.45, 2.75) is 322 Å². The van der Waals surface area contributed by atoms with Crippen LogP contribution in [0.1, 0.15) is 316 Å². The van der Waals surface area contributed by atoms with Gasteiger partial charge in [0.15, 0.2) is 6.10 Å². The minimum absolute atomic E-state index is 0.0293. The van der Waals surface area contributed by atoms with E-state index < -0.39 is 26.5 Å². The van der Waals surface area contributed by atoms with Crippen molar-refractivity contribution in [1.29, 1.82) is 0 Å². The maximum atomic E-state index is 12.8. The Kier molecular flexibility index (Phi) is 54.1. The highest BCUT2D eigenvalue weighted by molar-refractivity contribution is 7.45. The van der Waals surface area contributed by atoms with Gasteiger partial charge in [-0.15, -0.1) is 0 Å². The number of hydrogen-bond donors (Lipinski definition) is 0. The first-order valence-electron chi connectivity index (χ1n) is 31.5. The molecule has 10 heteroatoms. The van der Waals surface area contributed by atoms with Gasteiger partial charge in [-0.1, -0.05) is 263 Å². The fourth-order valence-corrected chi connectivity index (χ4v) is 10.0. The van der Waals surface area contributed by atoms with Crippen LogP contribution in [-0.2, 0) is 32.7 Å². The third-order valence-electron chi connectivity index (χ3n) is 14.2.